The van der Waals surface area contributed by atoms with Gasteiger partial charge in [-0.3, -0.25) is 4.79 Å². The van der Waals surface area contributed by atoms with Crippen molar-refractivity contribution < 1.29 is 14.3 Å². The Morgan fingerprint density at radius 1 is 1.23 bits per heavy atom. The highest BCUT2D eigenvalue weighted by atomic mass is 32.1. The molecule has 26 heavy (non-hydrogen) atoms. The predicted molar refractivity (Wildman–Crippen MR) is 102 cm³/mol. The standard InChI is InChI=1S/C20H18N2O3S/c1-24-16-8-6-13(7-9-16)17-12-26-20(21-17)22-19(23)15-10-14-4-2-3-5-18(14)25-11-15/h2-9,12,15H,10-11H2,1H3,(H,21,22,23). The number of ether oxygens (including phenoxy) is 2. The van der Waals surface area contributed by atoms with Crippen molar-refractivity contribution in [3.05, 3.63) is 59.5 Å². The molecule has 0 saturated heterocycles. The van der Waals surface area contributed by atoms with E-state index in [2.05, 4.69) is 10.3 Å². The van der Waals surface area contributed by atoms with E-state index < -0.39 is 0 Å². The van der Waals surface area contributed by atoms with Crippen LogP contribution >= 0.6 is 11.3 Å². The quantitative estimate of drug-likeness (QED) is 0.758. The first-order chi connectivity index (χ1) is 12.7. The molecule has 132 valence electrons. The van der Waals surface area contributed by atoms with Gasteiger partial charge in [0.15, 0.2) is 5.13 Å². The SMILES string of the molecule is COc1ccc(-c2csc(NC(=O)C3COc4ccccc4C3)n2)cc1. The lowest BCUT2D eigenvalue weighted by atomic mass is 9.96. The van der Waals surface area contributed by atoms with E-state index in [4.69, 9.17) is 9.47 Å². The molecule has 0 saturated carbocycles. The fourth-order valence-corrected chi connectivity index (χ4v) is 3.65. The monoisotopic (exact) mass is 366 g/mol. The molecule has 1 aliphatic heterocycles. The molecule has 4 rings (SSSR count). The number of methoxy groups -OCH3 is 1. The van der Waals surface area contributed by atoms with Gasteiger partial charge in [0, 0.05) is 10.9 Å². The number of carbonyl (C=O) groups excluding carboxylic acids is 1. The third kappa shape index (κ3) is 3.41. The number of hydrogen-bond acceptors (Lipinski definition) is 5. The number of anilines is 1. The van der Waals surface area contributed by atoms with Gasteiger partial charge < -0.3 is 14.8 Å². The molecular formula is C20H18N2O3S. The zero-order valence-corrected chi connectivity index (χ0v) is 15.1. The largest absolute Gasteiger partial charge is 0.497 e. The molecule has 1 atom stereocenters. The van der Waals surface area contributed by atoms with Gasteiger partial charge in [0.25, 0.3) is 0 Å². The van der Waals surface area contributed by atoms with Crippen LogP contribution in [0.1, 0.15) is 5.56 Å². The van der Waals surface area contributed by atoms with Crippen LogP contribution in [0, 0.1) is 5.92 Å². The maximum Gasteiger partial charge on any atom is 0.233 e. The number of nitrogens with zero attached hydrogens (tertiary/aromatic N) is 1. The Hall–Kier alpha value is -2.86. The van der Waals surface area contributed by atoms with Crippen molar-refractivity contribution >= 4 is 22.4 Å². The van der Waals surface area contributed by atoms with Crippen molar-refractivity contribution in [3.63, 3.8) is 0 Å². The van der Waals surface area contributed by atoms with Crippen LogP contribution < -0.4 is 14.8 Å². The Labute approximate surface area is 155 Å². The molecule has 1 aliphatic rings. The number of para-hydroxylation sites is 1. The Morgan fingerprint density at radius 2 is 2.04 bits per heavy atom. The highest BCUT2D eigenvalue weighted by Crippen LogP contribution is 2.29. The van der Waals surface area contributed by atoms with E-state index in [-0.39, 0.29) is 11.8 Å². The lowest BCUT2D eigenvalue weighted by Gasteiger charge is -2.24. The minimum Gasteiger partial charge on any atom is -0.497 e. The van der Waals surface area contributed by atoms with Gasteiger partial charge in [-0.05, 0) is 42.3 Å². The second-order valence-electron chi connectivity index (χ2n) is 6.08. The van der Waals surface area contributed by atoms with Crippen LogP contribution in [0.3, 0.4) is 0 Å². The molecule has 2 heterocycles. The average molecular weight is 366 g/mol. The summed E-state index contributed by atoms with van der Waals surface area (Å²) < 4.78 is 10.9. The molecule has 2 aromatic carbocycles. The van der Waals surface area contributed by atoms with Crippen molar-refractivity contribution in [2.24, 2.45) is 5.92 Å². The molecular weight excluding hydrogens is 348 g/mol. The number of hydrogen-bond donors (Lipinski definition) is 1. The molecule has 0 bridgehead atoms. The van der Waals surface area contributed by atoms with Crippen molar-refractivity contribution in [1.82, 2.24) is 4.98 Å². The summed E-state index contributed by atoms with van der Waals surface area (Å²) in [5.41, 5.74) is 2.88. The van der Waals surface area contributed by atoms with Crippen molar-refractivity contribution in [2.45, 2.75) is 6.42 Å². The number of amides is 1. The molecule has 1 N–H and O–H groups in total. The van der Waals surface area contributed by atoms with E-state index >= 15 is 0 Å². The molecule has 1 unspecified atom stereocenters. The van der Waals surface area contributed by atoms with Crippen LogP contribution in [-0.2, 0) is 11.2 Å². The smallest absolute Gasteiger partial charge is 0.233 e. The molecule has 0 fully saturated rings. The molecule has 6 heteroatoms. The number of benzene rings is 2. The normalized spacial score (nSPS) is 15.7. The van der Waals surface area contributed by atoms with Gasteiger partial charge in [0.1, 0.15) is 18.1 Å². The summed E-state index contributed by atoms with van der Waals surface area (Å²) >= 11 is 1.42. The van der Waals surface area contributed by atoms with E-state index in [1.807, 2.05) is 53.9 Å². The molecule has 0 radical (unpaired) electrons. The second kappa shape index (κ2) is 7.17. The lowest BCUT2D eigenvalue weighted by Crippen LogP contribution is -2.32. The van der Waals surface area contributed by atoms with Crippen molar-refractivity contribution in [3.8, 4) is 22.8 Å². The van der Waals surface area contributed by atoms with Crippen LogP contribution in [0.5, 0.6) is 11.5 Å². The van der Waals surface area contributed by atoms with Crippen LogP contribution in [0.15, 0.2) is 53.9 Å². The van der Waals surface area contributed by atoms with Crippen LogP contribution in [-0.4, -0.2) is 24.6 Å². The van der Waals surface area contributed by atoms with E-state index in [1.54, 1.807) is 7.11 Å². The molecule has 1 aromatic heterocycles. The summed E-state index contributed by atoms with van der Waals surface area (Å²) in [5, 5.41) is 5.45. The second-order valence-corrected chi connectivity index (χ2v) is 6.93. The fourth-order valence-electron chi connectivity index (χ4n) is 2.93. The number of carbonyl (C=O) groups is 1. The summed E-state index contributed by atoms with van der Waals surface area (Å²) in [4.78, 5) is 17.1. The molecule has 0 aliphatic carbocycles. The van der Waals surface area contributed by atoms with Gasteiger partial charge in [-0.2, -0.15) is 0 Å². The van der Waals surface area contributed by atoms with Gasteiger partial charge in [-0.1, -0.05) is 18.2 Å². The van der Waals surface area contributed by atoms with Crippen LogP contribution in [0.25, 0.3) is 11.3 Å². The number of nitrogens with one attached hydrogen (secondary N) is 1. The number of rotatable bonds is 4. The summed E-state index contributed by atoms with van der Waals surface area (Å²) in [6.07, 6.45) is 0.679. The summed E-state index contributed by atoms with van der Waals surface area (Å²) in [6, 6.07) is 15.5. The highest BCUT2D eigenvalue weighted by molar-refractivity contribution is 7.14. The van der Waals surface area contributed by atoms with E-state index in [9.17, 15) is 4.79 Å². The Bertz CT molecular complexity index is 921. The summed E-state index contributed by atoms with van der Waals surface area (Å²) in [5.74, 6) is 1.40. The van der Waals surface area contributed by atoms with Gasteiger partial charge in [-0.25, -0.2) is 4.98 Å². The third-order valence-corrected chi connectivity index (χ3v) is 5.13. The van der Waals surface area contributed by atoms with Crippen molar-refractivity contribution in [2.75, 3.05) is 19.0 Å². The summed E-state index contributed by atoms with van der Waals surface area (Å²) in [7, 11) is 1.64. The zero-order chi connectivity index (χ0) is 17.9. The third-order valence-electron chi connectivity index (χ3n) is 4.37. The van der Waals surface area contributed by atoms with Crippen molar-refractivity contribution in [1.29, 1.82) is 0 Å². The fraction of sp³-hybridized carbons (Fsp3) is 0.200. The molecule has 3 aromatic rings. The van der Waals surface area contributed by atoms with Gasteiger partial charge >= 0.3 is 0 Å². The Kier molecular flexibility index (Phi) is 4.58. The minimum absolute atomic E-state index is 0.0601. The zero-order valence-electron chi connectivity index (χ0n) is 14.3. The topological polar surface area (TPSA) is 60.5 Å². The Balaban J connectivity index is 1.43. The first-order valence-corrected chi connectivity index (χ1v) is 9.22. The maximum absolute atomic E-state index is 12.6. The number of fused-ring (bicyclic) bond motifs is 1. The maximum atomic E-state index is 12.6. The van der Waals surface area contributed by atoms with E-state index in [1.165, 1.54) is 11.3 Å². The predicted octanol–water partition coefficient (Wildman–Crippen LogP) is 4.01. The highest BCUT2D eigenvalue weighted by Gasteiger charge is 2.26. The van der Waals surface area contributed by atoms with Gasteiger partial charge in [0.05, 0.1) is 18.7 Å². The average Bonchev–Trinajstić information content (AvgIpc) is 3.16. The van der Waals surface area contributed by atoms with Crippen LogP contribution in [0.2, 0.25) is 0 Å². The van der Waals surface area contributed by atoms with Gasteiger partial charge in [-0.15, -0.1) is 11.3 Å². The first kappa shape index (κ1) is 16.6. The van der Waals surface area contributed by atoms with E-state index in [0.717, 1.165) is 28.3 Å². The molecule has 5 nitrogen and oxygen atoms in total. The summed E-state index contributed by atoms with van der Waals surface area (Å²) in [6.45, 7) is 0.388. The van der Waals surface area contributed by atoms with Gasteiger partial charge in [0.2, 0.25) is 5.91 Å². The Morgan fingerprint density at radius 3 is 2.85 bits per heavy atom. The van der Waals surface area contributed by atoms with Crippen LogP contribution in [0.4, 0.5) is 5.13 Å². The first-order valence-electron chi connectivity index (χ1n) is 8.34. The number of aromatic nitrogens is 1. The minimum atomic E-state index is -0.210. The molecule has 0 spiro atoms. The lowest BCUT2D eigenvalue weighted by molar-refractivity contribution is -0.121. The number of thiazole rings is 1. The molecule has 1 amide bonds. The van der Waals surface area contributed by atoms with E-state index in [0.29, 0.717) is 18.2 Å².